The minimum Gasteiger partial charge on any atom is -0.374 e. The number of rotatable bonds is 4. The van der Waals surface area contributed by atoms with E-state index in [-0.39, 0.29) is 0 Å². The van der Waals surface area contributed by atoms with Crippen LogP contribution in [0.4, 0.5) is 0 Å². The number of fused-ring (bicyclic) bond motifs is 1. The molecule has 0 saturated carbocycles. The Bertz CT molecular complexity index is 448. The summed E-state index contributed by atoms with van der Waals surface area (Å²) in [5.74, 6) is 0. The van der Waals surface area contributed by atoms with Gasteiger partial charge in [-0.1, -0.05) is 24.3 Å². The second-order valence-electron chi connectivity index (χ2n) is 6.26. The van der Waals surface area contributed by atoms with Crippen LogP contribution in [-0.2, 0) is 17.7 Å². The molecule has 2 aliphatic heterocycles. The van der Waals surface area contributed by atoms with Gasteiger partial charge in [-0.25, -0.2) is 0 Å². The Labute approximate surface area is 122 Å². The number of nitrogens with one attached hydrogen (secondary N) is 1. The maximum Gasteiger partial charge on any atom is 0.0706 e. The van der Waals surface area contributed by atoms with Crippen LogP contribution in [0.25, 0.3) is 0 Å². The maximum absolute atomic E-state index is 6.02. The monoisotopic (exact) mass is 274 g/mol. The molecule has 0 aromatic heterocycles. The highest BCUT2D eigenvalue weighted by atomic mass is 16.5. The summed E-state index contributed by atoms with van der Waals surface area (Å²) in [7, 11) is 2.05. The van der Waals surface area contributed by atoms with Gasteiger partial charge in [0.1, 0.15) is 0 Å². The fourth-order valence-corrected chi connectivity index (χ4v) is 3.57. The highest BCUT2D eigenvalue weighted by molar-refractivity contribution is 5.30. The molecule has 0 spiro atoms. The summed E-state index contributed by atoms with van der Waals surface area (Å²) in [4.78, 5) is 2.61. The number of likely N-dealkylation sites (N-methyl/N-ethyl adjacent to an activating group) is 1. The smallest absolute Gasteiger partial charge is 0.0706 e. The SMILES string of the molecule is CNCC1Cc2ccccc2CN1CC1CCC(C)O1. The molecule has 0 bridgehead atoms. The van der Waals surface area contributed by atoms with E-state index in [1.54, 1.807) is 0 Å². The predicted octanol–water partition coefficient (Wildman–Crippen LogP) is 2.20. The van der Waals surface area contributed by atoms with E-state index in [0.29, 0.717) is 18.2 Å². The van der Waals surface area contributed by atoms with Crippen molar-refractivity contribution in [3.05, 3.63) is 35.4 Å². The van der Waals surface area contributed by atoms with Gasteiger partial charge in [-0.3, -0.25) is 4.90 Å². The van der Waals surface area contributed by atoms with E-state index in [0.717, 1.165) is 26.1 Å². The van der Waals surface area contributed by atoms with E-state index < -0.39 is 0 Å². The largest absolute Gasteiger partial charge is 0.374 e. The fourth-order valence-electron chi connectivity index (χ4n) is 3.57. The molecule has 110 valence electrons. The molecule has 1 aromatic rings. The Morgan fingerprint density at radius 3 is 2.75 bits per heavy atom. The van der Waals surface area contributed by atoms with Crippen molar-refractivity contribution >= 4 is 0 Å². The van der Waals surface area contributed by atoms with Crippen molar-refractivity contribution in [1.29, 1.82) is 0 Å². The molecular weight excluding hydrogens is 248 g/mol. The Hall–Kier alpha value is -0.900. The second-order valence-corrected chi connectivity index (χ2v) is 6.26. The molecule has 1 N–H and O–H groups in total. The molecule has 3 atom stereocenters. The van der Waals surface area contributed by atoms with Crippen molar-refractivity contribution < 1.29 is 4.74 Å². The van der Waals surface area contributed by atoms with Crippen molar-refractivity contribution in [2.24, 2.45) is 0 Å². The van der Waals surface area contributed by atoms with Gasteiger partial charge in [-0.15, -0.1) is 0 Å². The number of nitrogens with zero attached hydrogens (tertiary/aromatic N) is 1. The van der Waals surface area contributed by atoms with Crippen LogP contribution in [-0.4, -0.2) is 43.3 Å². The van der Waals surface area contributed by atoms with Crippen LogP contribution in [0.2, 0.25) is 0 Å². The van der Waals surface area contributed by atoms with E-state index >= 15 is 0 Å². The quantitative estimate of drug-likeness (QED) is 0.911. The minimum absolute atomic E-state index is 0.426. The van der Waals surface area contributed by atoms with Crippen molar-refractivity contribution in [2.45, 2.75) is 51.0 Å². The lowest BCUT2D eigenvalue weighted by Crippen LogP contribution is -2.48. The lowest BCUT2D eigenvalue weighted by molar-refractivity contribution is 0.0165. The van der Waals surface area contributed by atoms with Crippen LogP contribution in [0.1, 0.15) is 30.9 Å². The number of hydrogen-bond acceptors (Lipinski definition) is 3. The summed E-state index contributed by atoms with van der Waals surface area (Å²) in [5, 5.41) is 3.35. The lowest BCUT2D eigenvalue weighted by atomic mass is 9.93. The van der Waals surface area contributed by atoms with Crippen LogP contribution in [0.3, 0.4) is 0 Å². The second kappa shape index (κ2) is 6.25. The first-order chi connectivity index (χ1) is 9.76. The molecule has 0 aliphatic carbocycles. The van der Waals surface area contributed by atoms with Crippen molar-refractivity contribution in [2.75, 3.05) is 20.1 Å². The molecule has 3 rings (SSSR count). The van der Waals surface area contributed by atoms with Gasteiger partial charge in [0.05, 0.1) is 12.2 Å². The van der Waals surface area contributed by atoms with Gasteiger partial charge < -0.3 is 10.1 Å². The van der Waals surface area contributed by atoms with Gasteiger partial charge in [0.25, 0.3) is 0 Å². The topological polar surface area (TPSA) is 24.5 Å². The van der Waals surface area contributed by atoms with Gasteiger partial charge in [0.2, 0.25) is 0 Å². The average Bonchev–Trinajstić information content (AvgIpc) is 2.85. The van der Waals surface area contributed by atoms with E-state index in [1.807, 2.05) is 7.05 Å². The Kier molecular flexibility index (Phi) is 4.39. The molecule has 2 aliphatic rings. The average molecular weight is 274 g/mol. The Morgan fingerprint density at radius 2 is 2.05 bits per heavy atom. The third-order valence-electron chi connectivity index (χ3n) is 4.66. The van der Waals surface area contributed by atoms with Gasteiger partial charge >= 0.3 is 0 Å². The molecular formula is C17H26N2O. The van der Waals surface area contributed by atoms with Crippen LogP contribution < -0.4 is 5.32 Å². The van der Waals surface area contributed by atoms with Crippen LogP contribution in [0, 0.1) is 0 Å². The van der Waals surface area contributed by atoms with E-state index in [9.17, 15) is 0 Å². The Balaban J connectivity index is 1.71. The number of ether oxygens (including phenoxy) is 1. The van der Waals surface area contributed by atoms with E-state index in [1.165, 1.54) is 24.0 Å². The van der Waals surface area contributed by atoms with Crippen LogP contribution in [0.15, 0.2) is 24.3 Å². The highest BCUT2D eigenvalue weighted by Gasteiger charge is 2.30. The Morgan fingerprint density at radius 1 is 1.25 bits per heavy atom. The molecule has 3 unspecified atom stereocenters. The molecule has 0 amide bonds. The third kappa shape index (κ3) is 3.05. The first kappa shape index (κ1) is 14.1. The van der Waals surface area contributed by atoms with Crippen molar-refractivity contribution in [1.82, 2.24) is 10.2 Å². The van der Waals surface area contributed by atoms with Gasteiger partial charge in [-0.2, -0.15) is 0 Å². The molecule has 0 radical (unpaired) electrons. The summed E-state index contributed by atoms with van der Waals surface area (Å²) in [6, 6.07) is 9.46. The summed E-state index contributed by atoms with van der Waals surface area (Å²) in [6.07, 6.45) is 4.45. The summed E-state index contributed by atoms with van der Waals surface area (Å²) in [5.41, 5.74) is 3.01. The standard InChI is InChI=1S/C17H26N2O/c1-13-7-8-17(20-13)12-19-11-15-6-4-3-5-14(15)9-16(19)10-18-2/h3-6,13,16-18H,7-12H2,1-2H3. The van der Waals surface area contributed by atoms with Crippen molar-refractivity contribution in [3.8, 4) is 0 Å². The third-order valence-corrected chi connectivity index (χ3v) is 4.66. The van der Waals surface area contributed by atoms with Gasteiger partial charge in [0.15, 0.2) is 0 Å². The number of benzene rings is 1. The molecule has 3 heteroatoms. The first-order valence-electron chi connectivity index (χ1n) is 7.87. The van der Waals surface area contributed by atoms with Crippen LogP contribution in [0.5, 0.6) is 0 Å². The molecule has 20 heavy (non-hydrogen) atoms. The summed E-state index contributed by atoms with van der Waals surface area (Å²) < 4.78 is 6.02. The predicted molar refractivity (Wildman–Crippen MR) is 81.8 cm³/mol. The zero-order valence-corrected chi connectivity index (χ0v) is 12.6. The summed E-state index contributed by atoms with van der Waals surface area (Å²) in [6.45, 7) is 5.38. The first-order valence-corrected chi connectivity index (χ1v) is 7.87. The van der Waals surface area contributed by atoms with Crippen LogP contribution >= 0.6 is 0 Å². The molecule has 1 aromatic carbocycles. The van der Waals surface area contributed by atoms with E-state index in [2.05, 4.69) is 41.4 Å². The fraction of sp³-hybridized carbons (Fsp3) is 0.647. The molecule has 2 heterocycles. The lowest BCUT2D eigenvalue weighted by Gasteiger charge is -2.38. The highest BCUT2D eigenvalue weighted by Crippen LogP contribution is 2.26. The van der Waals surface area contributed by atoms with Gasteiger partial charge in [-0.05, 0) is 44.4 Å². The minimum atomic E-state index is 0.426. The molecule has 1 fully saturated rings. The zero-order chi connectivity index (χ0) is 13.9. The normalized spacial score (nSPS) is 30.4. The number of hydrogen-bond donors (Lipinski definition) is 1. The molecule has 1 saturated heterocycles. The maximum atomic E-state index is 6.02. The van der Waals surface area contributed by atoms with Gasteiger partial charge in [0, 0.05) is 25.7 Å². The molecule has 3 nitrogen and oxygen atoms in total. The van der Waals surface area contributed by atoms with Crippen molar-refractivity contribution in [3.63, 3.8) is 0 Å². The zero-order valence-electron chi connectivity index (χ0n) is 12.6. The van der Waals surface area contributed by atoms with E-state index in [4.69, 9.17) is 4.74 Å². The summed E-state index contributed by atoms with van der Waals surface area (Å²) >= 11 is 0.